The van der Waals surface area contributed by atoms with Gasteiger partial charge in [-0.3, -0.25) is 9.78 Å². The van der Waals surface area contributed by atoms with E-state index in [9.17, 15) is 4.79 Å². The Kier molecular flexibility index (Phi) is 7.81. The van der Waals surface area contributed by atoms with E-state index in [1.54, 1.807) is 12.5 Å². The van der Waals surface area contributed by atoms with Crippen molar-refractivity contribution in [1.29, 1.82) is 0 Å². The smallest absolute Gasteiger partial charge is 0.230 e. The van der Waals surface area contributed by atoms with E-state index in [0.717, 1.165) is 35.8 Å². The second kappa shape index (κ2) is 10.8. The quantitative estimate of drug-likeness (QED) is 0.514. The lowest BCUT2D eigenvalue weighted by atomic mass is 9.97. The number of nitrogens with zero attached hydrogens (tertiary/aromatic N) is 4. The molecule has 6 nitrogen and oxygen atoms in total. The number of carbonyl (C=O) groups excluding carboxylic acids is 1. The highest BCUT2D eigenvalue weighted by Gasteiger charge is 2.17. The van der Waals surface area contributed by atoms with Crippen LogP contribution in [0.25, 0.3) is 0 Å². The number of hydrogen-bond acceptors (Lipinski definition) is 5. The van der Waals surface area contributed by atoms with Gasteiger partial charge in [-0.1, -0.05) is 62.0 Å². The highest BCUT2D eigenvalue weighted by Crippen LogP contribution is 2.22. The molecule has 29 heavy (non-hydrogen) atoms. The summed E-state index contributed by atoms with van der Waals surface area (Å²) >= 11 is 1.41. The monoisotopic (exact) mass is 409 g/mol. The first-order chi connectivity index (χ1) is 14.1. The van der Waals surface area contributed by atoms with Crippen LogP contribution in [0.5, 0.6) is 0 Å². The number of thioether (sulfide) groups is 1. The van der Waals surface area contributed by atoms with Gasteiger partial charge < -0.3 is 9.88 Å². The van der Waals surface area contributed by atoms with Gasteiger partial charge in [0.15, 0.2) is 5.16 Å². The standard InChI is InChI=1S/C22H27N5OS/c1-17(2)14-20(18-8-4-3-5-9-18)25-21(28)15-29-22-26-24-16-27(22)13-11-19-10-6-7-12-23-19/h3-10,12,16-17,20H,11,13-15H2,1-2H3,(H,25,28). The molecule has 0 aliphatic carbocycles. The van der Waals surface area contributed by atoms with Crippen LogP contribution in [-0.2, 0) is 17.8 Å². The molecule has 7 heteroatoms. The second-order valence-corrected chi connectivity index (χ2v) is 8.27. The molecule has 0 fully saturated rings. The molecule has 3 aromatic rings. The molecule has 152 valence electrons. The van der Waals surface area contributed by atoms with Crippen molar-refractivity contribution >= 4 is 17.7 Å². The number of aryl methyl sites for hydroxylation is 2. The van der Waals surface area contributed by atoms with Gasteiger partial charge in [0, 0.05) is 24.9 Å². The van der Waals surface area contributed by atoms with Crippen molar-refractivity contribution in [2.45, 2.75) is 44.4 Å². The molecule has 0 radical (unpaired) electrons. The first-order valence-electron chi connectivity index (χ1n) is 9.86. The van der Waals surface area contributed by atoms with Crippen LogP contribution in [0.4, 0.5) is 0 Å². The molecule has 0 spiro atoms. The zero-order valence-electron chi connectivity index (χ0n) is 16.9. The molecule has 0 saturated carbocycles. The summed E-state index contributed by atoms with van der Waals surface area (Å²) in [7, 11) is 0. The minimum absolute atomic E-state index is 0.00350. The normalized spacial score (nSPS) is 12.1. The number of nitrogens with one attached hydrogen (secondary N) is 1. The third-order valence-electron chi connectivity index (χ3n) is 4.49. The van der Waals surface area contributed by atoms with E-state index >= 15 is 0 Å². The third kappa shape index (κ3) is 6.71. The third-order valence-corrected chi connectivity index (χ3v) is 5.47. The molecule has 2 heterocycles. The lowest BCUT2D eigenvalue weighted by Crippen LogP contribution is -2.31. The Morgan fingerprint density at radius 3 is 2.66 bits per heavy atom. The van der Waals surface area contributed by atoms with E-state index in [0.29, 0.717) is 11.7 Å². The fraction of sp³-hybridized carbons (Fsp3) is 0.364. The van der Waals surface area contributed by atoms with E-state index < -0.39 is 0 Å². The van der Waals surface area contributed by atoms with Gasteiger partial charge in [-0.15, -0.1) is 10.2 Å². The van der Waals surface area contributed by atoms with Crippen LogP contribution in [0.2, 0.25) is 0 Å². The molecule has 3 rings (SSSR count). The van der Waals surface area contributed by atoms with Gasteiger partial charge >= 0.3 is 0 Å². The molecule has 1 atom stereocenters. The van der Waals surface area contributed by atoms with Gasteiger partial charge in [0.2, 0.25) is 5.91 Å². The SMILES string of the molecule is CC(C)CC(NC(=O)CSc1nncn1CCc1ccccn1)c1ccccc1. The predicted molar refractivity (Wildman–Crippen MR) is 115 cm³/mol. The predicted octanol–water partition coefficient (Wildman–Crippen LogP) is 3.91. The van der Waals surface area contributed by atoms with E-state index in [1.807, 2.05) is 41.0 Å². The summed E-state index contributed by atoms with van der Waals surface area (Å²) in [5.74, 6) is 0.801. The number of pyridine rings is 1. The van der Waals surface area contributed by atoms with Crippen LogP contribution in [0.3, 0.4) is 0 Å². The van der Waals surface area contributed by atoms with Gasteiger partial charge in [-0.2, -0.15) is 0 Å². The first kappa shape index (κ1) is 21.0. The van der Waals surface area contributed by atoms with Crippen molar-refractivity contribution in [3.05, 3.63) is 72.3 Å². The number of amides is 1. The van der Waals surface area contributed by atoms with Crippen LogP contribution in [0, 0.1) is 5.92 Å². The Hall–Kier alpha value is -2.67. The molecule has 2 aromatic heterocycles. The molecule has 1 unspecified atom stereocenters. The highest BCUT2D eigenvalue weighted by atomic mass is 32.2. The Morgan fingerprint density at radius 1 is 1.14 bits per heavy atom. The van der Waals surface area contributed by atoms with Crippen molar-refractivity contribution < 1.29 is 4.79 Å². The maximum absolute atomic E-state index is 12.6. The molecule has 0 saturated heterocycles. The maximum atomic E-state index is 12.6. The number of hydrogen-bond donors (Lipinski definition) is 1. The summed E-state index contributed by atoms with van der Waals surface area (Å²) in [5.41, 5.74) is 2.16. The fourth-order valence-electron chi connectivity index (χ4n) is 3.09. The average molecular weight is 410 g/mol. The molecule has 1 aromatic carbocycles. The number of rotatable bonds is 10. The molecule has 0 bridgehead atoms. The summed E-state index contributed by atoms with van der Waals surface area (Å²) in [6.07, 6.45) is 5.19. The Balaban J connectivity index is 1.54. The minimum Gasteiger partial charge on any atom is -0.349 e. The summed E-state index contributed by atoms with van der Waals surface area (Å²) in [5, 5.41) is 12.1. The zero-order chi connectivity index (χ0) is 20.5. The summed E-state index contributed by atoms with van der Waals surface area (Å²) in [4.78, 5) is 16.9. The van der Waals surface area contributed by atoms with Gasteiger partial charge in [0.25, 0.3) is 0 Å². The van der Waals surface area contributed by atoms with Crippen molar-refractivity contribution in [1.82, 2.24) is 25.1 Å². The van der Waals surface area contributed by atoms with Gasteiger partial charge in [-0.25, -0.2) is 0 Å². The van der Waals surface area contributed by atoms with E-state index in [1.165, 1.54) is 11.8 Å². The topological polar surface area (TPSA) is 72.7 Å². The highest BCUT2D eigenvalue weighted by molar-refractivity contribution is 7.99. The Labute approximate surface area is 176 Å². The second-order valence-electron chi connectivity index (χ2n) is 7.33. The van der Waals surface area contributed by atoms with E-state index in [4.69, 9.17) is 0 Å². The summed E-state index contributed by atoms with van der Waals surface area (Å²) in [6, 6.07) is 16.0. The van der Waals surface area contributed by atoms with Crippen molar-refractivity contribution in [2.75, 3.05) is 5.75 Å². The van der Waals surface area contributed by atoms with Crippen molar-refractivity contribution in [3.63, 3.8) is 0 Å². The molecule has 1 amide bonds. The average Bonchev–Trinajstić information content (AvgIpc) is 3.19. The van der Waals surface area contributed by atoms with Crippen LogP contribution < -0.4 is 5.32 Å². The molecule has 1 N–H and O–H groups in total. The number of carbonyl (C=O) groups is 1. The zero-order valence-corrected chi connectivity index (χ0v) is 17.7. The Morgan fingerprint density at radius 2 is 1.93 bits per heavy atom. The molecule has 0 aliphatic rings. The first-order valence-corrected chi connectivity index (χ1v) is 10.8. The fourth-order valence-corrected chi connectivity index (χ4v) is 3.84. The lowest BCUT2D eigenvalue weighted by molar-refractivity contribution is -0.119. The number of aromatic nitrogens is 4. The summed E-state index contributed by atoms with van der Waals surface area (Å²) in [6.45, 7) is 5.07. The van der Waals surface area contributed by atoms with Gasteiger partial charge in [0.1, 0.15) is 6.33 Å². The van der Waals surface area contributed by atoms with Gasteiger partial charge in [0.05, 0.1) is 11.8 Å². The van der Waals surface area contributed by atoms with Crippen LogP contribution in [0.15, 0.2) is 66.2 Å². The van der Waals surface area contributed by atoms with Crippen molar-refractivity contribution in [2.24, 2.45) is 5.92 Å². The Bertz CT molecular complexity index is 882. The molecule has 0 aliphatic heterocycles. The van der Waals surface area contributed by atoms with Crippen molar-refractivity contribution in [3.8, 4) is 0 Å². The van der Waals surface area contributed by atoms with Crippen LogP contribution in [-0.4, -0.2) is 31.4 Å². The number of benzene rings is 1. The van der Waals surface area contributed by atoms with Gasteiger partial charge in [-0.05, 0) is 30.0 Å². The van der Waals surface area contributed by atoms with E-state index in [2.05, 4.69) is 46.5 Å². The minimum atomic E-state index is 0.00350. The molecular formula is C22H27N5OS. The maximum Gasteiger partial charge on any atom is 0.230 e. The van der Waals surface area contributed by atoms with Crippen LogP contribution >= 0.6 is 11.8 Å². The lowest BCUT2D eigenvalue weighted by Gasteiger charge is -2.21. The summed E-state index contributed by atoms with van der Waals surface area (Å²) < 4.78 is 1.97. The molecular weight excluding hydrogens is 382 g/mol. The van der Waals surface area contributed by atoms with Crippen LogP contribution in [0.1, 0.15) is 37.6 Å². The largest absolute Gasteiger partial charge is 0.349 e. The van der Waals surface area contributed by atoms with E-state index in [-0.39, 0.29) is 11.9 Å².